The van der Waals surface area contributed by atoms with Crippen LogP contribution in [0.4, 0.5) is 11.7 Å². The highest BCUT2D eigenvalue weighted by atomic mass is 16.5. The molecule has 2 rings (SSSR count). The molecule has 1 amide bonds. The maximum Gasteiger partial charge on any atom is 0.328 e. The van der Waals surface area contributed by atoms with Crippen molar-refractivity contribution >= 4 is 17.6 Å². The zero-order valence-electron chi connectivity index (χ0n) is 9.93. The van der Waals surface area contributed by atoms with E-state index in [4.69, 9.17) is 15.0 Å². The van der Waals surface area contributed by atoms with Crippen LogP contribution in [0.1, 0.15) is 16.2 Å². The smallest absolute Gasteiger partial charge is 0.328 e. The third-order valence-electron chi connectivity index (χ3n) is 2.25. The summed E-state index contributed by atoms with van der Waals surface area (Å²) in [5.41, 5.74) is 6.37. The second-order valence-corrected chi connectivity index (χ2v) is 3.55. The fourth-order valence-electron chi connectivity index (χ4n) is 1.39. The van der Waals surface area contributed by atoms with Gasteiger partial charge >= 0.3 is 6.01 Å². The van der Waals surface area contributed by atoms with Crippen LogP contribution in [0.15, 0.2) is 22.7 Å². The predicted molar refractivity (Wildman–Crippen MR) is 64.4 cm³/mol. The van der Waals surface area contributed by atoms with Crippen LogP contribution in [-0.4, -0.2) is 23.2 Å². The van der Waals surface area contributed by atoms with Crippen molar-refractivity contribution in [3.63, 3.8) is 0 Å². The number of hydrogen-bond donors (Lipinski definition) is 2. The average Bonchev–Trinajstić information content (AvgIpc) is 2.74. The first-order valence-electron chi connectivity index (χ1n) is 5.15. The maximum absolute atomic E-state index is 11.9. The molecule has 0 saturated heterocycles. The fourth-order valence-corrected chi connectivity index (χ4v) is 1.39. The first-order valence-corrected chi connectivity index (χ1v) is 5.15. The van der Waals surface area contributed by atoms with Gasteiger partial charge in [-0.2, -0.15) is 4.98 Å². The standard InChI is InChI=1S/C11H12N4O3/c1-6-13-11(18-15-6)14-10(16)8-4-3-7(17-2)5-9(8)12/h3-5H,12H2,1-2H3,(H,13,14,15,16). The molecule has 0 saturated carbocycles. The molecule has 7 heteroatoms. The highest BCUT2D eigenvalue weighted by Crippen LogP contribution is 2.20. The molecule has 0 bridgehead atoms. The summed E-state index contributed by atoms with van der Waals surface area (Å²) in [5, 5.41) is 6.02. The molecular weight excluding hydrogens is 236 g/mol. The van der Waals surface area contributed by atoms with Crippen molar-refractivity contribution in [2.24, 2.45) is 0 Å². The van der Waals surface area contributed by atoms with Gasteiger partial charge in [0, 0.05) is 11.8 Å². The number of ether oxygens (including phenoxy) is 1. The molecule has 2 aromatic rings. The van der Waals surface area contributed by atoms with Gasteiger partial charge in [0.25, 0.3) is 5.91 Å². The first-order chi connectivity index (χ1) is 8.60. The molecule has 0 aliphatic rings. The molecule has 7 nitrogen and oxygen atoms in total. The quantitative estimate of drug-likeness (QED) is 0.791. The number of nitrogen functional groups attached to an aromatic ring is 1. The Morgan fingerprint density at radius 1 is 1.50 bits per heavy atom. The largest absolute Gasteiger partial charge is 0.497 e. The average molecular weight is 248 g/mol. The van der Waals surface area contributed by atoms with Crippen molar-refractivity contribution in [2.75, 3.05) is 18.2 Å². The van der Waals surface area contributed by atoms with Crippen molar-refractivity contribution < 1.29 is 14.1 Å². The third-order valence-corrected chi connectivity index (χ3v) is 2.25. The van der Waals surface area contributed by atoms with Crippen LogP contribution in [0.25, 0.3) is 0 Å². The molecule has 0 aliphatic carbocycles. The Labute approximate surface area is 103 Å². The van der Waals surface area contributed by atoms with Crippen LogP contribution in [0, 0.1) is 6.92 Å². The van der Waals surface area contributed by atoms with Gasteiger partial charge in [0.15, 0.2) is 5.82 Å². The lowest BCUT2D eigenvalue weighted by Crippen LogP contribution is -2.14. The number of hydrogen-bond acceptors (Lipinski definition) is 6. The zero-order chi connectivity index (χ0) is 13.1. The van der Waals surface area contributed by atoms with Gasteiger partial charge in [0.2, 0.25) is 0 Å². The van der Waals surface area contributed by atoms with Gasteiger partial charge in [-0.3, -0.25) is 10.1 Å². The summed E-state index contributed by atoms with van der Waals surface area (Å²) in [7, 11) is 1.52. The van der Waals surface area contributed by atoms with Gasteiger partial charge in [-0.25, -0.2) is 0 Å². The summed E-state index contributed by atoms with van der Waals surface area (Å²) < 4.78 is 9.78. The Morgan fingerprint density at radius 3 is 2.83 bits per heavy atom. The van der Waals surface area contributed by atoms with Crippen LogP contribution >= 0.6 is 0 Å². The van der Waals surface area contributed by atoms with E-state index in [2.05, 4.69) is 15.5 Å². The minimum absolute atomic E-state index is 0.0349. The lowest BCUT2D eigenvalue weighted by atomic mass is 10.1. The third kappa shape index (κ3) is 2.40. The Morgan fingerprint density at radius 2 is 2.28 bits per heavy atom. The molecule has 0 atom stereocenters. The first kappa shape index (κ1) is 11.9. The molecule has 1 aromatic carbocycles. The monoisotopic (exact) mass is 248 g/mol. The predicted octanol–water partition coefficient (Wildman–Crippen LogP) is 1.22. The number of benzene rings is 1. The van der Waals surface area contributed by atoms with Crippen LogP contribution < -0.4 is 15.8 Å². The molecule has 3 N–H and O–H groups in total. The van der Waals surface area contributed by atoms with E-state index in [0.717, 1.165) is 0 Å². The van der Waals surface area contributed by atoms with E-state index in [1.54, 1.807) is 25.1 Å². The highest BCUT2D eigenvalue weighted by molar-refractivity contribution is 6.06. The highest BCUT2D eigenvalue weighted by Gasteiger charge is 2.13. The fraction of sp³-hybridized carbons (Fsp3) is 0.182. The normalized spacial score (nSPS) is 10.1. The van der Waals surface area contributed by atoms with Crippen molar-refractivity contribution in [1.82, 2.24) is 10.1 Å². The number of carbonyl (C=O) groups excluding carboxylic acids is 1. The van der Waals surface area contributed by atoms with Crippen LogP contribution in [0.5, 0.6) is 5.75 Å². The van der Waals surface area contributed by atoms with Crippen LogP contribution in [0.2, 0.25) is 0 Å². The number of nitrogens with zero attached hydrogens (tertiary/aromatic N) is 2. The number of nitrogens with one attached hydrogen (secondary N) is 1. The number of rotatable bonds is 3. The molecule has 0 aliphatic heterocycles. The van der Waals surface area contributed by atoms with Gasteiger partial charge in [0.1, 0.15) is 5.75 Å². The van der Waals surface area contributed by atoms with E-state index in [9.17, 15) is 4.79 Å². The minimum atomic E-state index is -0.418. The molecule has 0 fully saturated rings. The lowest BCUT2D eigenvalue weighted by Gasteiger charge is -2.06. The Kier molecular flexibility index (Phi) is 3.13. The number of aromatic nitrogens is 2. The maximum atomic E-state index is 11.9. The Hall–Kier alpha value is -2.57. The van der Waals surface area contributed by atoms with Crippen molar-refractivity contribution in [3.05, 3.63) is 29.6 Å². The van der Waals surface area contributed by atoms with Crippen LogP contribution in [0.3, 0.4) is 0 Å². The van der Waals surface area contributed by atoms with E-state index in [1.807, 2.05) is 0 Å². The Bertz CT molecular complexity index is 579. The summed E-state index contributed by atoms with van der Waals surface area (Å²) >= 11 is 0. The second-order valence-electron chi connectivity index (χ2n) is 3.55. The van der Waals surface area contributed by atoms with E-state index in [0.29, 0.717) is 22.8 Å². The summed E-state index contributed by atoms with van der Waals surface area (Å²) in [4.78, 5) is 15.7. The number of carbonyl (C=O) groups is 1. The molecule has 0 unspecified atom stereocenters. The van der Waals surface area contributed by atoms with Gasteiger partial charge in [-0.15, -0.1) is 0 Å². The molecular formula is C11H12N4O3. The summed E-state index contributed by atoms with van der Waals surface area (Å²) in [6.07, 6.45) is 0. The van der Waals surface area contributed by atoms with Crippen molar-refractivity contribution in [1.29, 1.82) is 0 Å². The number of aryl methyl sites for hydroxylation is 1. The molecule has 0 radical (unpaired) electrons. The summed E-state index contributed by atoms with van der Waals surface area (Å²) in [6.45, 7) is 1.65. The number of amides is 1. The number of methoxy groups -OCH3 is 1. The summed E-state index contributed by atoms with van der Waals surface area (Å²) in [6, 6.07) is 4.80. The number of anilines is 2. The van der Waals surface area contributed by atoms with Gasteiger partial charge in [0.05, 0.1) is 12.7 Å². The lowest BCUT2D eigenvalue weighted by molar-refractivity contribution is 0.102. The van der Waals surface area contributed by atoms with E-state index >= 15 is 0 Å². The summed E-state index contributed by atoms with van der Waals surface area (Å²) in [5.74, 6) is 0.601. The topological polar surface area (TPSA) is 103 Å². The van der Waals surface area contributed by atoms with Gasteiger partial charge in [-0.05, 0) is 19.1 Å². The van der Waals surface area contributed by atoms with E-state index in [-0.39, 0.29) is 6.01 Å². The Balaban J connectivity index is 2.18. The van der Waals surface area contributed by atoms with Crippen LogP contribution in [-0.2, 0) is 0 Å². The zero-order valence-corrected chi connectivity index (χ0v) is 9.93. The van der Waals surface area contributed by atoms with Crippen molar-refractivity contribution in [3.8, 4) is 5.75 Å². The van der Waals surface area contributed by atoms with Crippen molar-refractivity contribution in [2.45, 2.75) is 6.92 Å². The molecule has 1 heterocycles. The molecule has 18 heavy (non-hydrogen) atoms. The molecule has 1 aromatic heterocycles. The van der Waals surface area contributed by atoms with E-state index in [1.165, 1.54) is 7.11 Å². The van der Waals surface area contributed by atoms with E-state index < -0.39 is 5.91 Å². The second kappa shape index (κ2) is 4.74. The minimum Gasteiger partial charge on any atom is -0.497 e. The van der Waals surface area contributed by atoms with Gasteiger partial charge < -0.3 is 15.0 Å². The SMILES string of the molecule is COc1ccc(C(=O)Nc2nc(C)no2)c(N)c1. The number of nitrogens with two attached hydrogens (primary N) is 1. The van der Waals surface area contributed by atoms with Gasteiger partial charge in [-0.1, -0.05) is 5.16 Å². The molecule has 94 valence electrons. The molecule has 0 spiro atoms.